The standard InChI is InChI=1S/C21H27N3O2/c1-24(15-18-6-5-11-22-14-18)16-20(25)23-17-21(9-12-26-13-10-21)19-7-3-2-4-8-19/h2-8,11,14H,9-10,12-13,15-17H2,1H3,(H,23,25). The maximum atomic E-state index is 12.5. The summed E-state index contributed by atoms with van der Waals surface area (Å²) in [5.74, 6) is 0.0539. The largest absolute Gasteiger partial charge is 0.381 e. The summed E-state index contributed by atoms with van der Waals surface area (Å²) in [6.07, 6.45) is 5.46. The molecule has 0 bridgehead atoms. The van der Waals surface area contributed by atoms with Gasteiger partial charge in [0.25, 0.3) is 0 Å². The fraction of sp³-hybridized carbons (Fsp3) is 0.429. The molecule has 5 heteroatoms. The van der Waals surface area contributed by atoms with Crippen molar-refractivity contribution >= 4 is 5.91 Å². The van der Waals surface area contributed by atoms with Crippen LogP contribution in [-0.4, -0.2) is 49.1 Å². The highest BCUT2D eigenvalue weighted by Gasteiger charge is 2.34. The van der Waals surface area contributed by atoms with Crippen LogP contribution in [-0.2, 0) is 21.5 Å². The fourth-order valence-electron chi connectivity index (χ4n) is 3.55. The Balaban J connectivity index is 1.56. The number of nitrogens with zero attached hydrogens (tertiary/aromatic N) is 2. The van der Waals surface area contributed by atoms with Gasteiger partial charge in [0.2, 0.25) is 5.91 Å². The third kappa shape index (κ3) is 4.90. The van der Waals surface area contributed by atoms with Gasteiger partial charge in [0.1, 0.15) is 0 Å². The molecule has 1 aromatic carbocycles. The molecule has 1 aliphatic heterocycles. The van der Waals surface area contributed by atoms with Crippen molar-refractivity contribution in [3.8, 4) is 0 Å². The van der Waals surface area contributed by atoms with E-state index < -0.39 is 0 Å². The number of amides is 1. The van der Waals surface area contributed by atoms with E-state index in [4.69, 9.17) is 4.74 Å². The lowest BCUT2D eigenvalue weighted by atomic mass is 9.74. The molecule has 3 rings (SSSR count). The Morgan fingerprint density at radius 2 is 1.96 bits per heavy atom. The van der Waals surface area contributed by atoms with Crippen molar-refractivity contribution < 1.29 is 9.53 Å². The van der Waals surface area contributed by atoms with Gasteiger partial charge in [0.15, 0.2) is 0 Å². The van der Waals surface area contributed by atoms with Gasteiger partial charge in [-0.05, 0) is 37.1 Å². The van der Waals surface area contributed by atoms with Crippen molar-refractivity contribution in [2.24, 2.45) is 0 Å². The molecule has 1 fully saturated rings. The van der Waals surface area contributed by atoms with Crippen LogP contribution in [0.3, 0.4) is 0 Å². The minimum absolute atomic E-state index is 0.0307. The van der Waals surface area contributed by atoms with Crippen LogP contribution in [0.25, 0.3) is 0 Å². The predicted molar refractivity (Wildman–Crippen MR) is 102 cm³/mol. The number of hydrogen-bond acceptors (Lipinski definition) is 4. The summed E-state index contributed by atoms with van der Waals surface area (Å²) in [6.45, 7) is 3.21. The summed E-state index contributed by atoms with van der Waals surface area (Å²) >= 11 is 0. The number of carbonyl (C=O) groups excluding carboxylic acids is 1. The molecular weight excluding hydrogens is 326 g/mol. The number of aromatic nitrogens is 1. The molecule has 0 aliphatic carbocycles. The maximum Gasteiger partial charge on any atom is 0.234 e. The van der Waals surface area contributed by atoms with E-state index in [1.54, 1.807) is 6.20 Å². The number of ether oxygens (including phenoxy) is 1. The predicted octanol–water partition coefficient (Wildman–Crippen LogP) is 2.38. The quantitative estimate of drug-likeness (QED) is 0.830. The minimum atomic E-state index is -0.0307. The van der Waals surface area contributed by atoms with Gasteiger partial charge in [-0.1, -0.05) is 36.4 Å². The Bertz CT molecular complexity index is 685. The number of benzene rings is 1. The number of pyridine rings is 1. The zero-order chi connectivity index (χ0) is 18.2. The van der Waals surface area contributed by atoms with Crippen molar-refractivity contribution in [2.75, 3.05) is 33.4 Å². The number of carbonyl (C=O) groups is 1. The number of nitrogens with one attached hydrogen (secondary N) is 1. The van der Waals surface area contributed by atoms with E-state index >= 15 is 0 Å². The first kappa shape index (κ1) is 18.5. The first-order chi connectivity index (χ1) is 12.7. The summed E-state index contributed by atoms with van der Waals surface area (Å²) in [6, 6.07) is 14.4. The first-order valence-electron chi connectivity index (χ1n) is 9.15. The fourth-order valence-corrected chi connectivity index (χ4v) is 3.55. The van der Waals surface area contributed by atoms with Crippen LogP contribution in [0.5, 0.6) is 0 Å². The third-order valence-electron chi connectivity index (χ3n) is 5.05. The van der Waals surface area contributed by atoms with Crippen LogP contribution in [0.1, 0.15) is 24.0 Å². The molecule has 26 heavy (non-hydrogen) atoms. The molecule has 1 aromatic heterocycles. The Labute approximate surface area is 155 Å². The van der Waals surface area contributed by atoms with Gasteiger partial charge >= 0.3 is 0 Å². The molecule has 1 amide bonds. The first-order valence-corrected chi connectivity index (χ1v) is 9.15. The van der Waals surface area contributed by atoms with Gasteiger partial charge < -0.3 is 10.1 Å². The molecule has 138 valence electrons. The zero-order valence-electron chi connectivity index (χ0n) is 15.4. The number of hydrogen-bond donors (Lipinski definition) is 1. The van der Waals surface area contributed by atoms with Gasteiger partial charge in [-0.25, -0.2) is 0 Å². The molecule has 0 radical (unpaired) electrons. The Hall–Kier alpha value is -2.24. The Morgan fingerprint density at radius 1 is 1.19 bits per heavy atom. The van der Waals surface area contributed by atoms with Crippen molar-refractivity contribution in [1.29, 1.82) is 0 Å². The highest BCUT2D eigenvalue weighted by Crippen LogP contribution is 2.34. The van der Waals surface area contributed by atoms with E-state index in [9.17, 15) is 4.79 Å². The topological polar surface area (TPSA) is 54.5 Å². The second kappa shape index (κ2) is 8.92. The third-order valence-corrected chi connectivity index (χ3v) is 5.05. The molecular formula is C21H27N3O2. The number of likely N-dealkylation sites (N-methyl/N-ethyl adjacent to an activating group) is 1. The summed E-state index contributed by atoms with van der Waals surface area (Å²) < 4.78 is 5.56. The average molecular weight is 353 g/mol. The van der Waals surface area contributed by atoms with Crippen LogP contribution in [0.2, 0.25) is 0 Å². The van der Waals surface area contributed by atoms with Crippen molar-refractivity contribution in [3.63, 3.8) is 0 Å². The monoisotopic (exact) mass is 353 g/mol. The highest BCUT2D eigenvalue weighted by atomic mass is 16.5. The molecule has 0 spiro atoms. The summed E-state index contributed by atoms with van der Waals surface area (Å²) in [4.78, 5) is 18.6. The van der Waals surface area contributed by atoms with Crippen LogP contribution >= 0.6 is 0 Å². The molecule has 0 saturated carbocycles. The van der Waals surface area contributed by atoms with Gasteiger partial charge in [-0.15, -0.1) is 0 Å². The van der Waals surface area contributed by atoms with Gasteiger partial charge in [-0.2, -0.15) is 0 Å². The van der Waals surface area contributed by atoms with Crippen LogP contribution in [0.15, 0.2) is 54.9 Å². The maximum absolute atomic E-state index is 12.5. The normalized spacial score (nSPS) is 16.4. The van der Waals surface area contributed by atoms with Crippen LogP contribution in [0.4, 0.5) is 0 Å². The summed E-state index contributed by atoms with van der Waals surface area (Å²) in [7, 11) is 1.95. The van der Waals surface area contributed by atoms with Crippen molar-refractivity contribution in [1.82, 2.24) is 15.2 Å². The van der Waals surface area contributed by atoms with Gasteiger partial charge in [0, 0.05) is 44.1 Å². The molecule has 2 aromatic rings. The van der Waals surface area contributed by atoms with Crippen LogP contribution < -0.4 is 5.32 Å². The van der Waals surface area contributed by atoms with E-state index in [2.05, 4.69) is 34.6 Å². The molecule has 5 nitrogen and oxygen atoms in total. The zero-order valence-corrected chi connectivity index (χ0v) is 15.4. The lowest BCUT2D eigenvalue weighted by Crippen LogP contribution is -2.46. The Morgan fingerprint density at radius 3 is 2.65 bits per heavy atom. The van der Waals surface area contributed by atoms with Crippen molar-refractivity contribution in [3.05, 3.63) is 66.0 Å². The van der Waals surface area contributed by atoms with E-state index in [-0.39, 0.29) is 11.3 Å². The lowest BCUT2D eigenvalue weighted by molar-refractivity contribution is -0.122. The molecule has 2 heterocycles. The molecule has 0 atom stereocenters. The molecule has 1 saturated heterocycles. The molecule has 1 aliphatic rings. The summed E-state index contributed by atoms with van der Waals surface area (Å²) in [5.41, 5.74) is 2.36. The van der Waals surface area contributed by atoms with Gasteiger partial charge in [-0.3, -0.25) is 14.7 Å². The van der Waals surface area contributed by atoms with Gasteiger partial charge in [0.05, 0.1) is 6.54 Å². The summed E-state index contributed by atoms with van der Waals surface area (Å²) in [5, 5.41) is 3.16. The lowest BCUT2D eigenvalue weighted by Gasteiger charge is -2.38. The number of rotatable bonds is 7. The second-order valence-electron chi connectivity index (χ2n) is 7.07. The van der Waals surface area contributed by atoms with E-state index in [0.717, 1.165) is 31.6 Å². The van der Waals surface area contributed by atoms with E-state index in [1.807, 2.05) is 36.3 Å². The minimum Gasteiger partial charge on any atom is -0.381 e. The van der Waals surface area contributed by atoms with Crippen molar-refractivity contribution in [2.45, 2.75) is 24.8 Å². The SMILES string of the molecule is CN(CC(=O)NCC1(c2ccccc2)CCOCC1)Cc1cccnc1. The smallest absolute Gasteiger partial charge is 0.234 e. The highest BCUT2D eigenvalue weighted by molar-refractivity contribution is 5.78. The molecule has 0 unspecified atom stereocenters. The Kier molecular flexibility index (Phi) is 6.36. The average Bonchev–Trinajstić information content (AvgIpc) is 2.68. The van der Waals surface area contributed by atoms with E-state index in [1.165, 1.54) is 5.56 Å². The molecule has 1 N–H and O–H groups in total. The van der Waals surface area contributed by atoms with E-state index in [0.29, 0.717) is 19.6 Å². The second-order valence-corrected chi connectivity index (χ2v) is 7.07. The van der Waals surface area contributed by atoms with Crippen LogP contribution in [0, 0.1) is 0 Å².